The molecule has 0 atom stereocenters. The molecule has 0 saturated heterocycles. The standard InChI is InChI=1S/C74H37N5O4/c75-38-51-64(50-24-15-23-43-40-16-4-11-28-59(40)81-72(43)50)69(77-54-26-9-2-20-47(54)66-57(77)34-32-44-41-17-5-12-29-60(41)82-73(44)66)52(39-76)71(78-53-25-8-1-19-46(53)65-56(78)36-37-63-68(65)49-22-7-14-31-62(49)80-63)70(51)79-55-27-10-3-21-48(55)67-58(79)35-33-45-42-18-6-13-30-61(42)83-74(45)67/h1-37H. The summed E-state index contributed by atoms with van der Waals surface area (Å²) in [6.45, 7) is 0. The number of hydrogen-bond donors (Lipinski definition) is 0. The summed E-state index contributed by atoms with van der Waals surface area (Å²) in [5.41, 5.74) is 14.1. The zero-order chi connectivity index (χ0) is 54.3. The van der Waals surface area contributed by atoms with Gasteiger partial charge in [0.15, 0.2) is 0 Å². The molecule has 0 spiro atoms. The van der Waals surface area contributed by atoms with Crippen molar-refractivity contribution in [2.75, 3.05) is 0 Å². The van der Waals surface area contributed by atoms with Gasteiger partial charge in [0.2, 0.25) is 0 Å². The predicted octanol–water partition coefficient (Wildman–Crippen LogP) is 20.0. The fourth-order valence-corrected chi connectivity index (χ4v) is 14.3. The van der Waals surface area contributed by atoms with Crippen LogP contribution in [0.15, 0.2) is 242 Å². The van der Waals surface area contributed by atoms with Crippen LogP contribution in [0.1, 0.15) is 11.1 Å². The van der Waals surface area contributed by atoms with Crippen LogP contribution in [-0.4, -0.2) is 13.7 Å². The average molecular weight is 1060 g/mol. The monoisotopic (exact) mass is 1060 g/mol. The second kappa shape index (κ2) is 16.0. The van der Waals surface area contributed by atoms with Crippen LogP contribution >= 0.6 is 0 Å². The largest absolute Gasteiger partial charge is 0.456 e. The Kier molecular flexibility index (Phi) is 8.48. The van der Waals surface area contributed by atoms with Gasteiger partial charge >= 0.3 is 0 Å². The van der Waals surface area contributed by atoms with E-state index in [9.17, 15) is 10.5 Å². The normalized spacial score (nSPS) is 12.3. The third kappa shape index (κ3) is 5.57. The molecule has 0 unspecified atom stereocenters. The number of hydrogen-bond acceptors (Lipinski definition) is 6. The lowest BCUT2D eigenvalue weighted by Gasteiger charge is -2.26. The molecule has 0 amide bonds. The van der Waals surface area contributed by atoms with Crippen LogP contribution in [0.25, 0.3) is 181 Å². The van der Waals surface area contributed by atoms with Gasteiger partial charge in [-0.2, -0.15) is 10.5 Å². The Balaban J connectivity index is 1.10. The molecule has 12 aromatic carbocycles. The van der Waals surface area contributed by atoms with Crippen molar-refractivity contribution in [1.29, 1.82) is 10.5 Å². The number of aromatic nitrogens is 3. The number of nitrogens with zero attached hydrogens (tertiary/aromatic N) is 5. The SMILES string of the molecule is N#Cc1c(-c2cccc3c2oc2ccccc23)c(-n2c3ccccc3c3c4oc5ccccc5c4ccc32)c(C#N)c(-n2c3ccccc3c3c4c(ccc32)oc2ccccc24)c1-n1c2ccccc2c2c3oc4ccccc4c3ccc21. The van der Waals surface area contributed by atoms with Crippen molar-refractivity contribution in [3.05, 3.63) is 236 Å². The van der Waals surface area contributed by atoms with Crippen LogP contribution in [-0.2, 0) is 0 Å². The first-order chi connectivity index (χ1) is 41.1. The zero-order valence-corrected chi connectivity index (χ0v) is 43.7. The maximum Gasteiger partial charge on any atom is 0.145 e. The van der Waals surface area contributed by atoms with Crippen molar-refractivity contribution >= 4 is 153 Å². The zero-order valence-electron chi connectivity index (χ0n) is 43.7. The number of para-hydroxylation sites is 8. The van der Waals surface area contributed by atoms with E-state index in [1.54, 1.807) is 0 Å². The summed E-state index contributed by atoms with van der Waals surface area (Å²) in [6, 6.07) is 82.1. The highest BCUT2D eigenvalue weighted by atomic mass is 16.3. The van der Waals surface area contributed by atoms with Gasteiger partial charge in [-0.3, -0.25) is 0 Å². The Morgan fingerprint density at radius 2 is 0.639 bits per heavy atom. The smallest absolute Gasteiger partial charge is 0.145 e. The first kappa shape index (κ1) is 44.1. The van der Waals surface area contributed by atoms with Crippen LogP contribution in [0, 0.1) is 22.7 Å². The Hall–Kier alpha value is -11.8. The fraction of sp³-hybridized carbons (Fsp3) is 0. The molecule has 83 heavy (non-hydrogen) atoms. The van der Waals surface area contributed by atoms with Gasteiger partial charge in [-0.25, -0.2) is 0 Å². The van der Waals surface area contributed by atoms with Gasteiger partial charge in [-0.05, 0) is 78.9 Å². The average Bonchev–Trinajstić information content (AvgIpc) is 3.18. The molecular weight excluding hydrogens is 1020 g/mol. The maximum atomic E-state index is 12.9. The molecule has 19 rings (SSSR count). The van der Waals surface area contributed by atoms with Gasteiger partial charge in [-0.15, -0.1) is 0 Å². The Morgan fingerprint density at radius 3 is 1.17 bits per heavy atom. The Morgan fingerprint density at radius 1 is 0.253 bits per heavy atom. The quantitative estimate of drug-likeness (QED) is 0.173. The first-order valence-electron chi connectivity index (χ1n) is 27.6. The highest BCUT2D eigenvalue weighted by Crippen LogP contribution is 2.53. The molecule has 19 aromatic rings. The van der Waals surface area contributed by atoms with Crippen molar-refractivity contribution in [3.8, 4) is 40.3 Å². The van der Waals surface area contributed by atoms with Crippen molar-refractivity contribution in [2.24, 2.45) is 0 Å². The lowest BCUT2D eigenvalue weighted by atomic mass is 9.90. The third-order valence-corrected chi connectivity index (χ3v) is 17.5. The van der Waals surface area contributed by atoms with E-state index in [2.05, 4.69) is 129 Å². The lowest BCUT2D eigenvalue weighted by Crippen LogP contribution is -2.14. The third-order valence-electron chi connectivity index (χ3n) is 17.5. The fourth-order valence-electron chi connectivity index (χ4n) is 14.3. The predicted molar refractivity (Wildman–Crippen MR) is 333 cm³/mol. The summed E-state index contributed by atoms with van der Waals surface area (Å²) in [4.78, 5) is 0. The molecule has 0 aliphatic carbocycles. The van der Waals surface area contributed by atoms with Crippen LogP contribution in [0.3, 0.4) is 0 Å². The van der Waals surface area contributed by atoms with E-state index in [-0.39, 0.29) is 0 Å². The van der Waals surface area contributed by atoms with E-state index in [0.29, 0.717) is 50.5 Å². The molecular formula is C74H37N5O4. The topological polar surface area (TPSA) is 115 Å². The van der Waals surface area contributed by atoms with E-state index in [1.807, 2.05) is 121 Å². The summed E-state index contributed by atoms with van der Waals surface area (Å²) in [6.07, 6.45) is 0. The molecule has 0 aliphatic heterocycles. The number of rotatable bonds is 4. The van der Waals surface area contributed by atoms with Gasteiger partial charge in [-0.1, -0.05) is 146 Å². The van der Waals surface area contributed by atoms with E-state index in [1.165, 1.54) is 0 Å². The van der Waals surface area contributed by atoms with Crippen LogP contribution < -0.4 is 0 Å². The molecule has 0 fully saturated rings. The van der Waals surface area contributed by atoms with Crippen molar-refractivity contribution in [1.82, 2.24) is 13.7 Å². The summed E-state index contributed by atoms with van der Waals surface area (Å²) >= 11 is 0. The molecule has 7 aromatic heterocycles. The summed E-state index contributed by atoms with van der Waals surface area (Å²) in [5, 5.41) is 39.1. The van der Waals surface area contributed by atoms with Crippen molar-refractivity contribution < 1.29 is 17.7 Å². The van der Waals surface area contributed by atoms with Gasteiger partial charge < -0.3 is 31.4 Å². The highest BCUT2D eigenvalue weighted by molar-refractivity contribution is 6.29. The molecule has 7 heterocycles. The molecule has 0 aliphatic rings. The summed E-state index contributed by atoms with van der Waals surface area (Å²) < 4.78 is 34.1. The minimum atomic E-state index is 0.324. The second-order valence-electron chi connectivity index (χ2n) is 21.5. The van der Waals surface area contributed by atoms with Crippen molar-refractivity contribution in [3.63, 3.8) is 0 Å². The minimum Gasteiger partial charge on any atom is -0.456 e. The van der Waals surface area contributed by atoms with E-state index >= 15 is 0 Å². The maximum absolute atomic E-state index is 12.9. The van der Waals surface area contributed by atoms with Crippen molar-refractivity contribution in [2.45, 2.75) is 0 Å². The van der Waals surface area contributed by atoms with Gasteiger partial charge in [0.1, 0.15) is 62.4 Å². The number of nitriles is 2. The summed E-state index contributed by atoms with van der Waals surface area (Å²) in [7, 11) is 0. The first-order valence-corrected chi connectivity index (χ1v) is 27.6. The van der Waals surface area contributed by atoms with Crippen LogP contribution in [0.2, 0.25) is 0 Å². The Bertz CT molecular complexity index is 6230. The number of benzene rings is 12. The molecule has 9 nitrogen and oxygen atoms in total. The molecule has 0 radical (unpaired) electrons. The molecule has 0 bridgehead atoms. The van der Waals surface area contributed by atoms with E-state index in [4.69, 9.17) is 17.7 Å². The molecule has 9 heteroatoms. The molecule has 382 valence electrons. The highest BCUT2D eigenvalue weighted by Gasteiger charge is 2.35. The molecule has 0 N–H and O–H groups in total. The van der Waals surface area contributed by atoms with Crippen LogP contribution in [0.5, 0.6) is 0 Å². The van der Waals surface area contributed by atoms with Gasteiger partial charge in [0, 0.05) is 75.8 Å². The molecule has 0 saturated carbocycles. The number of furan rings is 4. The van der Waals surface area contributed by atoms with E-state index in [0.717, 1.165) is 142 Å². The lowest BCUT2D eigenvalue weighted by molar-refractivity contribution is 0.669. The summed E-state index contributed by atoms with van der Waals surface area (Å²) in [5.74, 6) is 0. The van der Waals surface area contributed by atoms with E-state index < -0.39 is 0 Å². The Labute approximate surface area is 468 Å². The second-order valence-corrected chi connectivity index (χ2v) is 21.5. The van der Waals surface area contributed by atoms with Crippen LogP contribution in [0.4, 0.5) is 0 Å². The van der Waals surface area contributed by atoms with Gasteiger partial charge in [0.25, 0.3) is 0 Å². The number of fused-ring (bicyclic) bond motifs is 24. The minimum absolute atomic E-state index is 0.324. The van der Waals surface area contributed by atoms with Gasteiger partial charge in [0.05, 0.1) is 66.5 Å².